The number of H-pyrrole nitrogens is 2. The van der Waals surface area contributed by atoms with Crippen LogP contribution in [0.5, 0.6) is 0 Å². The molecule has 4 aromatic rings. The summed E-state index contributed by atoms with van der Waals surface area (Å²) in [5, 5.41) is 2.71. The van der Waals surface area contributed by atoms with Gasteiger partial charge in [-0.1, -0.05) is 76.2 Å². The second-order valence-corrected chi connectivity index (χ2v) is 16.0. The number of carbonyl (C=O) groups is 3. The van der Waals surface area contributed by atoms with Crippen LogP contribution in [-0.2, 0) is 14.3 Å². The van der Waals surface area contributed by atoms with Gasteiger partial charge < -0.3 is 34.7 Å². The standard InChI is InChI=1S/C44H58N8O4/c1-6-50(7-2)34-22-20-33(21-23-34)42(53)51-24-8-10-37(51)40-45-26-35(47-40)31-16-12-29(13-17-31)30-14-18-32(19-15-30)36-27-46-41(48-36)38-11-9-25-52(38)43(54)39(28(3)4)49-44(55)56-5/h12-19,26-28,33-34,37-39H,6-11,20-25H2,1-5H3,(H,45,47)(H,46,48)(H,49,55)/t33-,34+,37-,38-,39-/m0/s1. The molecule has 0 radical (unpaired) electrons. The number of nitrogens with one attached hydrogen (secondary N) is 3. The Morgan fingerprint density at radius 2 is 1.23 bits per heavy atom. The van der Waals surface area contributed by atoms with Gasteiger partial charge in [-0.05, 0) is 92.6 Å². The highest BCUT2D eigenvalue weighted by atomic mass is 16.5. The number of benzene rings is 2. The van der Waals surface area contributed by atoms with E-state index >= 15 is 0 Å². The molecular weight excluding hydrogens is 705 g/mol. The van der Waals surface area contributed by atoms with Crippen molar-refractivity contribution in [1.29, 1.82) is 0 Å². The number of aromatic amines is 2. The lowest BCUT2D eigenvalue weighted by Gasteiger charge is -2.37. The van der Waals surface area contributed by atoms with Crippen molar-refractivity contribution in [1.82, 2.24) is 40.0 Å². The summed E-state index contributed by atoms with van der Waals surface area (Å²) in [7, 11) is 1.30. The summed E-state index contributed by atoms with van der Waals surface area (Å²) in [5.74, 6) is 1.84. The first kappa shape index (κ1) is 39.3. The SMILES string of the molecule is CCN(CC)[C@H]1CC[C@@H](C(=O)N2CCC[C@H]2c2ncc(-c3ccc(-c4ccc(-c5cnc([C@@H]6CCCN6C(=O)[C@@H](NC(=O)OC)C(C)C)[nH]5)cc4)cc3)[nH]2)CC1. The minimum atomic E-state index is -0.673. The third kappa shape index (κ3) is 8.26. The number of rotatable bonds is 12. The molecule has 12 nitrogen and oxygen atoms in total. The van der Waals surface area contributed by atoms with Gasteiger partial charge in [0.2, 0.25) is 11.8 Å². The lowest BCUT2D eigenvalue weighted by molar-refractivity contribution is -0.138. The van der Waals surface area contributed by atoms with Crippen LogP contribution < -0.4 is 5.32 Å². The molecule has 3 amide bonds. The van der Waals surface area contributed by atoms with Gasteiger partial charge in [0.1, 0.15) is 17.7 Å². The summed E-state index contributed by atoms with van der Waals surface area (Å²) < 4.78 is 4.77. The molecule has 3 fully saturated rings. The van der Waals surface area contributed by atoms with E-state index in [1.165, 1.54) is 7.11 Å². The summed E-state index contributed by atoms with van der Waals surface area (Å²) in [4.78, 5) is 62.2. The maximum Gasteiger partial charge on any atom is 0.407 e. The number of carbonyl (C=O) groups excluding carboxylic acids is 3. The van der Waals surface area contributed by atoms with Crippen LogP contribution in [0.3, 0.4) is 0 Å². The van der Waals surface area contributed by atoms with Gasteiger partial charge in [0.05, 0.1) is 43.0 Å². The number of nitrogens with zero attached hydrogens (tertiary/aromatic N) is 5. The van der Waals surface area contributed by atoms with Gasteiger partial charge in [-0.15, -0.1) is 0 Å². The fourth-order valence-electron chi connectivity index (χ4n) is 9.16. The molecular formula is C44H58N8O4. The number of hydrogen-bond acceptors (Lipinski definition) is 7. The highest BCUT2D eigenvalue weighted by Crippen LogP contribution is 2.37. The highest BCUT2D eigenvalue weighted by molar-refractivity contribution is 5.86. The van der Waals surface area contributed by atoms with Gasteiger partial charge in [-0.2, -0.15) is 0 Å². The van der Waals surface area contributed by atoms with Crippen molar-refractivity contribution in [2.24, 2.45) is 11.8 Å². The molecule has 3 aliphatic rings. The van der Waals surface area contributed by atoms with E-state index in [0.29, 0.717) is 18.5 Å². The van der Waals surface area contributed by atoms with Crippen LogP contribution in [0, 0.1) is 11.8 Å². The molecule has 2 saturated heterocycles. The van der Waals surface area contributed by atoms with E-state index in [4.69, 9.17) is 14.7 Å². The van der Waals surface area contributed by atoms with Crippen molar-refractivity contribution < 1.29 is 19.1 Å². The molecule has 56 heavy (non-hydrogen) atoms. The van der Waals surface area contributed by atoms with Crippen LogP contribution in [0.4, 0.5) is 4.79 Å². The Hall–Kier alpha value is -4.97. The molecule has 0 spiro atoms. The molecule has 3 N–H and O–H groups in total. The maximum absolute atomic E-state index is 13.8. The Labute approximate surface area is 330 Å². The predicted molar refractivity (Wildman–Crippen MR) is 217 cm³/mol. The van der Waals surface area contributed by atoms with Crippen LogP contribution in [-0.4, -0.2) is 97.9 Å². The molecule has 298 valence electrons. The van der Waals surface area contributed by atoms with E-state index in [2.05, 4.69) is 87.5 Å². The van der Waals surface area contributed by atoms with Gasteiger partial charge in [0, 0.05) is 25.0 Å². The number of imidazole rings is 2. The zero-order valence-corrected chi connectivity index (χ0v) is 33.6. The summed E-state index contributed by atoms with van der Waals surface area (Å²) in [6.07, 6.45) is 10.9. The molecule has 7 rings (SSSR count). The Bertz CT molecular complexity index is 1940. The summed E-state index contributed by atoms with van der Waals surface area (Å²) in [5.41, 5.74) is 6.10. The third-order valence-corrected chi connectivity index (χ3v) is 12.4. The molecule has 0 bridgehead atoms. The van der Waals surface area contributed by atoms with E-state index in [1.807, 2.05) is 31.1 Å². The van der Waals surface area contributed by atoms with Crippen LogP contribution in [0.2, 0.25) is 0 Å². The smallest absolute Gasteiger partial charge is 0.407 e. The number of aromatic nitrogens is 4. The van der Waals surface area contributed by atoms with E-state index in [9.17, 15) is 14.4 Å². The van der Waals surface area contributed by atoms with Gasteiger partial charge >= 0.3 is 6.09 Å². The second-order valence-electron chi connectivity index (χ2n) is 16.0. The predicted octanol–water partition coefficient (Wildman–Crippen LogP) is 7.74. The van der Waals surface area contributed by atoms with Gasteiger partial charge in [0.15, 0.2) is 0 Å². The molecule has 0 unspecified atom stereocenters. The monoisotopic (exact) mass is 762 g/mol. The van der Waals surface area contributed by atoms with E-state index in [0.717, 1.165) is 116 Å². The lowest BCUT2D eigenvalue weighted by atomic mass is 9.84. The molecule has 1 saturated carbocycles. The van der Waals surface area contributed by atoms with Gasteiger partial charge in [-0.3, -0.25) is 9.59 Å². The summed E-state index contributed by atoms with van der Waals surface area (Å²) in [6, 6.07) is 16.6. The lowest BCUT2D eigenvalue weighted by Crippen LogP contribution is -2.51. The summed E-state index contributed by atoms with van der Waals surface area (Å²) >= 11 is 0. The molecule has 4 heterocycles. The quantitative estimate of drug-likeness (QED) is 0.134. The van der Waals surface area contributed by atoms with E-state index in [-0.39, 0.29) is 29.8 Å². The number of likely N-dealkylation sites (tertiary alicyclic amines) is 2. The Kier molecular flexibility index (Phi) is 12.2. The molecule has 12 heteroatoms. The summed E-state index contributed by atoms with van der Waals surface area (Å²) in [6.45, 7) is 11.9. The highest BCUT2D eigenvalue weighted by Gasteiger charge is 2.39. The minimum Gasteiger partial charge on any atom is -0.453 e. The van der Waals surface area contributed by atoms with Crippen molar-refractivity contribution >= 4 is 17.9 Å². The number of hydrogen-bond donors (Lipinski definition) is 3. The zero-order valence-electron chi connectivity index (χ0n) is 33.6. The fourth-order valence-corrected chi connectivity index (χ4v) is 9.16. The Balaban J connectivity index is 0.970. The fraction of sp³-hybridized carbons (Fsp3) is 0.523. The van der Waals surface area contributed by atoms with E-state index in [1.54, 1.807) is 0 Å². The average molecular weight is 763 g/mol. The Morgan fingerprint density at radius 3 is 1.71 bits per heavy atom. The first-order valence-electron chi connectivity index (χ1n) is 20.7. The van der Waals surface area contributed by atoms with Crippen LogP contribution >= 0.6 is 0 Å². The van der Waals surface area contributed by atoms with Crippen molar-refractivity contribution in [2.75, 3.05) is 33.3 Å². The largest absolute Gasteiger partial charge is 0.453 e. The topological polar surface area (TPSA) is 140 Å². The number of amides is 3. The normalized spacial score (nSPS) is 21.8. The zero-order chi connectivity index (χ0) is 39.3. The molecule has 3 atom stereocenters. The van der Waals surface area contributed by atoms with Crippen LogP contribution in [0.25, 0.3) is 33.6 Å². The Morgan fingerprint density at radius 1 is 0.750 bits per heavy atom. The van der Waals surface area contributed by atoms with Gasteiger partial charge in [0.25, 0.3) is 0 Å². The number of alkyl carbamates (subject to hydrolysis) is 1. The molecule has 2 aromatic carbocycles. The van der Waals surface area contributed by atoms with Crippen LogP contribution in [0.15, 0.2) is 60.9 Å². The minimum absolute atomic E-state index is 0.00709. The molecule has 2 aliphatic heterocycles. The van der Waals surface area contributed by atoms with Crippen LogP contribution in [0.1, 0.15) is 103 Å². The van der Waals surface area contributed by atoms with E-state index < -0.39 is 12.1 Å². The van der Waals surface area contributed by atoms with Crippen molar-refractivity contribution in [3.63, 3.8) is 0 Å². The first-order valence-corrected chi connectivity index (χ1v) is 20.7. The second kappa shape index (κ2) is 17.4. The van der Waals surface area contributed by atoms with Crippen molar-refractivity contribution in [2.45, 2.75) is 103 Å². The first-order chi connectivity index (χ1) is 27.2. The number of methoxy groups -OCH3 is 1. The maximum atomic E-state index is 13.8. The third-order valence-electron chi connectivity index (χ3n) is 12.4. The van der Waals surface area contributed by atoms with Gasteiger partial charge in [-0.25, -0.2) is 14.8 Å². The molecule has 2 aromatic heterocycles. The number of ether oxygens (including phenoxy) is 1. The van der Waals surface area contributed by atoms with Crippen molar-refractivity contribution in [3.05, 3.63) is 72.6 Å². The van der Waals surface area contributed by atoms with Crippen molar-refractivity contribution in [3.8, 4) is 33.6 Å². The molecule has 1 aliphatic carbocycles. The average Bonchev–Trinajstić information content (AvgIpc) is 4.07.